The molecule has 1 aliphatic rings. The first-order chi connectivity index (χ1) is 8.90. The number of nitrogen functional groups attached to an aromatic ring is 1. The van der Waals surface area contributed by atoms with Crippen molar-refractivity contribution in [1.82, 2.24) is 9.88 Å². The summed E-state index contributed by atoms with van der Waals surface area (Å²) in [6, 6.07) is 2.55. The number of amidine groups is 1. The molecule has 0 saturated carbocycles. The van der Waals surface area contributed by atoms with Gasteiger partial charge in [-0.25, -0.2) is 0 Å². The van der Waals surface area contributed by atoms with Crippen LogP contribution in [-0.2, 0) is 0 Å². The summed E-state index contributed by atoms with van der Waals surface area (Å²) in [7, 11) is 2.15. The van der Waals surface area contributed by atoms with E-state index in [1.807, 2.05) is 19.9 Å². The molecule has 1 fully saturated rings. The quantitative estimate of drug-likeness (QED) is 0.618. The minimum atomic E-state index is 0.103. The highest BCUT2D eigenvalue weighted by Crippen LogP contribution is 2.25. The molecule has 104 valence electrons. The Kier molecular flexibility index (Phi) is 3.75. The Morgan fingerprint density at radius 3 is 2.68 bits per heavy atom. The summed E-state index contributed by atoms with van der Waals surface area (Å²) in [6.45, 7) is 9.08. The van der Waals surface area contributed by atoms with Gasteiger partial charge in [0.2, 0.25) is 0 Å². The highest BCUT2D eigenvalue weighted by atomic mass is 15.3. The molecule has 5 heteroatoms. The SMILES string of the molecule is Cc1cc(N2CCN(C)C(C)C2)c(C(=N)N)c(C)n1. The van der Waals surface area contributed by atoms with Gasteiger partial charge in [0.15, 0.2) is 0 Å². The second-order valence-electron chi connectivity index (χ2n) is 5.43. The molecule has 0 aliphatic carbocycles. The zero-order valence-corrected chi connectivity index (χ0v) is 12.2. The fourth-order valence-corrected chi connectivity index (χ4v) is 2.66. The zero-order chi connectivity index (χ0) is 14.2. The number of hydrogen-bond acceptors (Lipinski definition) is 4. The zero-order valence-electron chi connectivity index (χ0n) is 12.2. The third-order valence-electron chi connectivity index (χ3n) is 3.88. The van der Waals surface area contributed by atoms with Crippen LogP contribution >= 0.6 is 0 Å². The van der Waals surface area contributed by atoms with Crippen molar-refractivity contribution in [1.29, 1.82) is 5.41 Å². The Morgan fingerprint density at radius 2 is 2.11 bits per heavy atom. The largest absolute Gasteiger partial charge is 0.384 e. The molecule has 0 amide bonds. The van der Waals surface area contributed by atoms with Gasteiger partial charge >= 0.3 is 0 Å². The molecule has 1 aromatic heterocycles. The van der Waals surface area contributed by atoms with Gasteiger partial charge in [-0.1, -0.05) is 0 Å². The number of aromatic nitrogens is 1. The number of nitrogens with one attached hydrogen (secondary N) is 1. The van der Waals surface area contributed by atoms with E-state index in [0.29, 0.717) is 6.04 Å². The molecule has 19 heavy (non-hydrogen) atoms. The van der Waals surface area contributed by atoms with Crippen molar-refractivity contribution in [3.63, 3.8) is 0 Å². The number of nitrogens with zero attached hydrogens (tertiary/aromatic N) is 3. The average molecular weight is 261 g/mol. The van der Waals surface area contributed by atoms with Crippen molar-refractivity contribution in [2.45, 2.75) is 26.8 Å². The lowest BCUT2D eigenvalue weighted by molar-refractivity contribution is 0.234. The Labute approximate surface area is 114 Å². The Morgan fingerprint density at radius 1 is 1.42 bits per heavy atom. The number of hydrogen-bond donors (Lipinski definition) is 2. The van der Waals surface area contributed by atoms with Gasteiger partial charge in [0.05, 0.1) is 16.9 Å². The highest BCUT2D eigenvalue weighted by molar-refractivity contribution is 6.01. The maximum absolute atomic E-state index is 7.80. The van der Waals surface area contributed by atoms with Gasteiger partial charge in [-0.2, -0.15) is 0 Å². The fraction of sp³-hybridized carbons (Fsp3) is 0.571. The predicted molar refractivity (Wildman–Crippen MR) is 79.0 cm³/mol. The van der Waals surface area contributed by atoms with E-state index >= 15 is 0 Å². The molecule has 1 atom stereocenters. The number of pyridine rings is 1. The van der Waals surface area contributed by atoms with Crippen LogP contribution in [0.1, 0.15) is 23.9 Å². The van der Waals surface area contributed by atoms with Crippen molar-refractivity contribution in [3.8, 4) is 0 Å². The summed E-state index contributed by atoms with van der Waals surface area (Å²) in [5, 5.41) is 7.80. The minimum Gasteiger partial charge on any atom is -0.384 e. The van der Waals surface area contributed by atoms with E-state index in [9.17, 15) is 0 Å². The van der Waals surface area contributed by atoms with Gasteiger partial charge in [-0.05, 0) is 33.9 Å². The van der Waals surface area contributed by atoms with E-state index in [0.717, 1.165) is 42.3 Å². The van der Waals surface area contributed by atoms with E-state index in [4.69, 9.17) is 11.1 Å². The van der Waals surface area contributed by atoms with Crippen molar-refractivity contribution < 1.29 is 0 Å². The normalized spacial score (nSPS) is 20.6. The van der Waals surface area contributed by atoms with Gasteiger partial charge in [-0.3, -0.25) is 10.4 Å². The molecule has 0 bridgehead atoms. The molecular formula is C14H23N5. The maximum atomic E-state index is 7.80. The van der Waals surface area contributed by atoms with E-state index in [-0.39, 0.29) is 5.84 Å². The van der Waals surface area contributed by atoms with Crippen molar-refractivity contribution in [2.75, 3.05) is 31.6 Å². The van der Waals surface area contributed by atoms with Crippen LogP contribution in [-0.4, -0.2) is 48.4 Å². The van der Waals surface area contributed by atoms with Gasteiger partial charge in [0.1, 0.15) is 5.84 Å². The number of nitrogens with two attached hydrogens (primary N) is 1. The van der Waals surface area contributed by atoms with Crippen LogP contribution in [0.4, 0.5) is 5.69 Å². The van der Waals surface area contributed by atoms with Gasteiger partial charge in [0, 0.05) is 31.4 Å². The van der Waals surface area contributed by atoms with Crippen LogP contribution in [0.5, 0.6) is 0 Å². The first-order valence-electron chi connectivity index (χ1n) is 6.68. The Bertz CT molecular complexity index is 497. The summed E-state index contributed by atoms with van der Waals surface area (Å²) in [5.74, 6) is 0.103. The Hall–Kier alpha value is -1.62. The second-order valence-corrected chi connectivity index (χ2v) is 5.43. The number of aryl methyl sites for hydroxylation is 2. The second kappa shape index (κ2) is 5.17. The Balaban J connectivity index is 2.41. The van der Waals surface area contributed by atoms with Crippen LogP contribution in [0, 0.1) is 19.3 Å². The van der Waals surface area contributed by atoms with E-state index < -0.39 is 0 Å². The molecule has 2 heterocycles. The van der Waals surface area contributed by atoms with Crippen molar-refractivity contribution in [2.24, 2.45) is 5.73 Å². The van der Waals surface area contributed by atoms with Crippen LogP contribution < -0.4 is 10.6 Å². The van der Waals surface area contributed by atoms with E-state index in [1.165, 1.54) is 0 Å². The summed E-state index contributed by atoms with van der Waals surface area (Å²) in [4.78, 5) is 9.10. The first-order valence-corrected chi connectivity index (χ1v) is 6.68. The smallest absolute Gasteiger partial charge is 0.126 e. The van der Waals surface area contributed by atoms with Gasteiger partial charge in [0.25, 0.3) is 0 Å². The molecule has 1 aromatic rings. The molecule has 1 saturated heterocycles. The molecule has 0 aromatic carbocycles. The fourth-order valence-electron chi connectivity index (χ4n) is 2.66. The van der Waals surface area contributed by atoms with E-state index in [1.54, 1.807) is 0 Å². The molecule has 1 unspecified atom stereocenters. The number of piperazine rings is 1. The third-order valence-corrected chi connectivity index (χ3v) is 3.88. The molecule has 5 nitrogen and oxygen atoms in total. The van der Waals surface area contributed by atoms with Gasteiger partial charge < -0.3 is 15.5 Å². The first kappa shape index (κ1) is 13.8. The van der Waals surface area contributed by atoms with Crippen LogP contribution in [0.2, 0.25) is 0 Å². The van der Waals surface area contributed by atoms with Crippen molar-refractivity contribution in [3.05, 3.63) is 23.0 Å². The van der Waals surface area contributed by atoms with Gasteiger partial charge in [-0.15, -0.1) is 0 Å². The topological polar surface area (TPSA) is 69.2 Å². The lowest BCUT2D eigenvalue weighted by Gasteiger charge is -2.39. The minimum absolute atomic E-state index is 0.103. The lowest BCUT2D eigenvalue weighted by Crippen LogP contribution is -2.50. The van der Waals surface area contributed by atoms with E-state index in [2.05, 4.69) is 28.8 Å². The molecule has 0 radical (unpaired) electrons. The van der Waals surface area contributed by atoms with Crippen LogP contribution in [0.25, 0.3) is 0 Å². The molecular weight excluding hydrogens is 238 g/mol. The maximum Gasteiger partial charge on any atom is 0.126 e. The van der Waals surface area contributed by atoms with Crippen LogP contribution in [0.3, 0.4) is 0 Å². The molecule has 0 spiro atoms. The summed E-state index contributed by atoms with van der Waals surface area (Å²) < 4.78 is 0. The predicted octanol–water partition coefficient (Wildman–Crippen LogP) is 1.12. The third kappa shape index (κ3) is 2.71. The lowest BCUT2D eigenvalue weighted by atomic mass is 10.1. The highest BCUT2D eigenvalue weighted by Gasteiger charge is 2.24. The number of anilines is 1. The standard InChI is InChI=1S/C14H23N5/c1-9-7-12(13(14(15)16)11(3)17-9)19-6-5-18(4)10(2)8-19/h7,10H,5-6,8H2,1-4H3,(H3,15,16). The molecule has 2 rings (SSSR count). The summed E-state index contributed by atoms with van der Waals surface area (Å²) in [5.41, 5.74) is 9.39. The number of likely N-dealkylation sites (N-methyl/N-ethyl adjacent to an activating group) is 1. The average Bonchev–Trinajstić information content (AvgIpc) is 2.31. The number of rotatable bonds is 2. The molecule has 1 aliphatic heterocycles. The summed E-state index contributed by atoms with van der Waals surface area (Å²) in [6.07, 6.45) is 0. The molecule has 3 N–H and O–H groups in total. The van der Waals surface area contributed by atoms with Crippen molar-refractivity contribution >= 4 is 11.5 Å². The van der Waals surface area contributed by atoms with Crippen LogP contribution in [0.15, 0.2) is 6.07 Å². The summed E-state index contributed by atoms with van der Waals surface area (Å²) >= 11 is 0. The monoisotopic (exact) mass is 261 g/mol.